The Bertz CT molecular complexity index is 281. The molecule has 1 aliphatic heterocycles. The molecule has 0 spiro atoms. The molecule has 1 aromatic heterocycles. The van der Waals surface area contributed by atoms with Gasteiger partial charge in [-0.15, -0.1) is 10.2 Å². The third-order valence-electron chi connectivity index (χ3n) is 2.14. The van der Waals surface area contributed by atoms with Crippen LogP contribution >= 0.6 is 15.9 Å². The second-order valence-electron chi connectivity index (χ2n) is 3.22. The summed E-state index contributed by atoms with van der Waals surface area (Å²) in [6.07, 6.45) is 0.946. The molecule has 0 aromatic carbocycles. The lowest BCUT2D eigenvalue weighted by Gasteiger charge is -2.14. The zero-order valence-electron chi connectivity index (χ0n) is 6.71. The van der Waals surface area contributed by atoms with Crippen LogP contribution in [-0.4, -0.2) is 23.4 Å². The van der Waals surface area contributed by atoms with Crippen molar-refractivity contribution in [2.45, 2.75) is 18.8 Å². The predicted molar refractivity (Wildman–Crippen MR) is 44.8 cm³/mol. The van der Waals surface area contributed by atoms with Gasteiger partial charge in [-0.25, -0.2) is 0 Å². The average Bonchev–Trinajstić information content (AvgIpc) is 2.59. The summed E-state index contributed by atoms with van der Waals surface area (Å²) in [5, 5.41) is 7.68. The fraction of sp³-hybridized carbons (Fsp3) is 0.714. The van der Waals surface area contributed by atoms with E-state index >= 15 is 0 Å². The monoisotopic (exact) mass is 232 g/mol. The maximum atomic E-state index is 5.28. The van der Waals surface area contributed by atoms with Crippen LogP contribution in [0.4, 0.5) is 0 Å². The summed E-state index contributed by atoms with van der Waals surface area (Å²) in [4.78, 5) is 0.436. The van der Waals surface area contributed by atoms with E-state index in [0.29, 0.717) is 17.3 Å². The molecule has 1 aromatic rings. The van der Waals surface area contributed by atoms with E-state index in [2.05, 4.69) is 33.1 Å². The molecule has 0 radical (unpaired) electrons. The number of hydrogen-bond donors (Lipinski definition) is 0. The number of ether oxygens (including phenoxy) is 1. The molecule has 4 nitrogen and oxygen atoms in total. The number of hydrogen-bond acceptors (Lipinski definition) is 4. The van der Waals surface area contributed by atoms with Gasteiger partial charge in [-0.05, 0) is 13.3 Å². The van der Waals surface area contributed by atoms with E-state index in [-0.39, 0.29) is 5.41 Å². The van der Waals surface area contributed by atoms with Crippen molar-refractivity contribution in [1.82, 2.24) is 10.2 Å². The van der Waals surface area contributed by atoms with E-state index < -0.39 is 0 Å². The van der Waals surface area contributed by atoms with Gasteiger partial charge in [-0.3, -0.25) is 0 Å². The van der Waals surface area contributed by atoms with Crippen LogP contribution in [0.1, 0.15) is 19.2 Å². The van der Waals surface area contributed by atoms with Crippen molar-refractivity contribution in [3.8, 4) is 0 Å². The Morgan fingerprint density at radius 1 is 1.50 bits per heavy atom. The van der Waals surface area contributed by atoms with Gasteiger partial charge >= 0.3 is 0 Å². The van der Waals surface area contributed by atoms with E-state index in [9.17, 15) is 0 Å². The maximum absolute atomic E-state index is 5.28. The predicted octanol–water partition coefficient (Wildman–Crippen LogP) is 1.51. The Hall–Kier alpha value is -0.420. The van der Waals surface area contributed by atoms with Gasteiger partial charge in [-0.2, -0.15) is 0 Å². The molecule has 0 bridgehead atoms. The third kappa shape index (κ3) is 1.27. The van der Waals surface area contributed by atoms with E-state index in [4.69, 9.17) is 9.15 Å². The van der Waals surface area contributed by atoms with E-state index in [1.54, 1.807) is 0 Å². The second kappa shape index (κ2) is 2.81. The zero-order valence-corrected chi connectivity index (χ0v) is 8.30. The van der Waals surface area contributed by atoms with Crippen molar-refractivity contribution in [1.29, 1.82) is 0 Å². The highest BCUT2D eigenvalue weighted by molar-refractivity contribution is 9.10. The van der Waals surface area contributed by atoms with Crippen LogP contribution in [-0.2, 0) is 10.2 Å². The molecule has 0 N–H and O–H groups in total. The van der Waals surface area contributed by atoms with Crippen LogP contribution in [0.5, 0.6) is 0 Å². The van der Waals surface area contributed by atoms with E-state index in [0.717, 1.165) is 13.0 Å². The lowest BCUT2D eigenvalue weighted by Crippen LogP contribution is -2.22. The molecule has 0 amide bonds. The molecule has 66 valence electrons. The van der Waals surface area contributed by atoms with Crippen LogP contribution in [0.3, 0.4) is 0 Å². The number of halogens is 1. The second-order valence-corrected chi connectivity index (χ2v) is 3.90. The molecule has 1 unspecified atom stereocenters. The first-order chi connectivity index (χ1) is 5.71. The van der Waals surface area contributed by atoms with Crippen molar-refractivity contribution in [3.63, 3.8) is 0 Å². The molecular formula is C7H9BrN2O2. The minimum atomic E-state index is -0.0843. The first-order valence-corrected chi connectivity index (χ1v) is 4.57. The van der Waals surface area contributed by atoms with Gasteiger partial charge in [-0.1, -0.05) is 0 Å². The van der Waals surface area contributed by atoms with Gasteiger partial charge < -0.3 is 9.15 Å². The van der Waals surface area contributed by atoms with Crippen LogP contribution < -0.4 is 0 Å². The Balaban J connectivity index is 2.28. The summed E-state index contributed by atoms with van der Waals surface area (Å²) in [6.45, 7) is 3.51. The van der Waals surface area contributed by atoms with Gasteiger partial charge in [0.05, 0.1) is 12.0 Å². The fourth-order valence-corrected chi connectivity index (χ4v) is 1.52. The Morgan fingerprint density at radius 3 is 2.83 bits per heavy atom. The maximum Gasteiger partial charge on any atom is 0.284 e. The number of rotatable bonds is 1. The van der Waals surface area contributed by atoms with Crippen molar-refractivity contribution in [3.05, 3.63) is 10.7 Å². The van der Waals surface area contributed by atoms with Crippen LogP contribution in [0.25, 0.3) is 0 Å². The van der Waals surface area contributed by atoms with Crippen molar-refractivity contribution >= 4 is 15.9 Å². The smallest absolute Gasteiger partial charge is 0.284 e. The molecule has 1 fully saturated rings. The number of aromatic nitrogens is 2. The standard InChI is InChI=1S/C7H9BrN2O2/c1-7(2-3-11-4-7)5-9-10-6(8)12-5/h2-4H2,1H3. The molecule has 12 heavy (non-hydrogen) atoms. The zero-order chi connectivity index (χ0) is 8.60. The molecular weight excluding hydrogens is 224 g/mol. The quantitative estimate of drug-likeness (QED) is 0.737. The van der Waals surface area contributed by atoms with Gasteiger partial charge in [0.2, 0.25) is 5.89 Å². The molecule has 2 heterocycles. The first-order valence-electron chi connectivity index (χ1n) is 3.78. The fourth-order valence-electron chi connectivity index (χ4n) is 1.28. The normalized spacial score (nSPS) is 29.5. The highest BCUT2D eigenvalue weighted by Gasteiger charge is 2.36. The van der Waals surface area contributed by atoms with E-state index in [1.165, 1.54) is 0 Å². The van der Waals surface area contributed by atoms with Crippen molar-refractivity contribution < 1.29 is 9.15 Å². The van der Waals surface area contributed by atoms with Crippen molar-refractivity contribution in [2.75, 3.05) is 13.2 Å². The molecule has 1 saturated heterocycles. The third-order valence-corrected chi connectivity index (χ3v) is 2.46. The number of nitrogens with zero attached hydrogens (tertiary/aromatic N) is 2. The highest BCUT2D eigenvalue weighted by atomic mass is 79.9. The van der Waals surface area contributed by atoms with Crippen molar-refractivity contribution in [2.24, 2.45) is 0 Å². The van der Waals surface area contributed by atoms with Crippen LogP contribution in [0.2, 0.25) is 0 Å². The minimum Gasteiger partial charge on any atom is -0.415 e. The topological polar surface area (TPSA) is 48.2 Å². The SMILES string of the molecule is CC1(c2nnc(Br)o2)CCOC1. The van der Waals surface area contributed by atoms with E-state index in [1.807, 2.05) is 0 Å². The summed E-state index contributed by atoms with van der Waals surface area (Å²) >= 11 is 3.12. The molecule has 2 rings (SSSR count). The Labute approximate surface area is 78.4 Å². The summed E-state index contributed by atoms with van der Waals surface area (Å²) in [5.41, 5.74) is -0.0843. The lowest BCUT2D eigenvalue weighted by molar-refractivity contribution is 0.172. The molecule has 1 aliphatic rings. The molecule has 1 atom stereocenters. The van der Waals surface area contributed by atoms with Gasteiger partial charge in [0.15, 0.2) is 0 Å². The lowest BCUT2D eigenvalue weighted by atomic mass is 9.90. The average molecular weight is 233 g/mol. The summed E-state index contributed by atoms with van der Waals surface area (Å²) in [7, 11) is 0. The largest absolute Gasteiger partial charge is 0.415 e. The first kappa shape index (κ1) is 8.19. The highest BCUT2D eigenvalue weighted by Crippen LogP contribution is 2.31. The molecule has 0 aliphatic carbocycles. The van der Waals surface area contributed by atoms with Gasteiger partial charge in [0.1, 0.15) is 0 Å². The summed E-state index contributed by atoms with van der Waals surface area (Å²) in [6, 6.07) is 0. The minimum absolute atomic E-state index is 0.0843. The molecule has 0 saturated carbocycles. The van der Waals surface area contributed by atoms with Gasteiger partial charge in [0.25, 0.3) is 4.80 Å². The molecule has 5 heteroatoms. The Morgan fingerprint density at radius 2 is 2.33 bits per heavy atom. The Kier molecular flexibility index (Phi) is 1.92. The summed E-state index contributed by atoms with van der Waals surface area (Å²) < 4.78 is 10.6. The van der Waals surface area contributed by atoms with Crippen LogP contribution in [0.15, 0.2) is 9.22 Å². The van der Waals surface area contributed by atoms with Gasteiger partial charge in [0, 0.05) is 22.5 Å². The summed E-state index contributed by atoms with van der Waals surface area (Å²) in [5.74, 6) is 0.659. The van der Waals surface area contributed by atoms with Crippen LogP contribution in [0, 0.1) is 0 Å².